The van der Waals surface area contributed by atoms with Gasteiger partial charge in [-0.1, -0.05) is 0 Å². The van der Waals surface area contributed by atoms with Crippen LogP contribution in [0.4, 0.5) is 0 Å². The van der Waals surface area contributed by atoms with Gasteiger partial charge >= 0.3 is 5.97 Å². The average molecular weight is 249 g/mol. The first kappa shape index (κ1) is 13.3. The predicted molar refractivity (Wildman–Crippen MR) is 64.1 cm³/mol. The topological polar surface area (TPSA) is 67.2 Å². The van der Waals surface area contributed by atoms with Crippen molar-refractivity contribution in [1.82, 2.24) is 0 Å². The first-order chi connectivity index (χ1) is 8.12. The normalized spacial score (nSPS) is 9.47. The first-order valence-electron chi connectivity index (χ1n) is 4.99. The predicted octanol–water partition coefficient (Wildman–Crippen LogP) is 1.77. The van der Waals surface area contributed by atoms with E-state index in [0.717, 1.165) is 0 Å². The lowest BCUT2D eigenvalue weighted by Crippen LogP contribution is -2.08. The number of thiol groups is 1. The fourth-order valence-electron chi connectivity index (χ4n) is 1.37. The molecule has 1 aromatic rings. The summed E-state index contributed by atoms with van der Waals surface area (Å²) in [6, 6.07) is 5.00. The van der Waals surface area contributed by atoms with Crippen molar-refractivity contribution in [2.24, 2.45) is 0 Å². The minimum absolute atomic E-state index is 0.0391. The van der Waals surface area contributed by atoms with Crippen molar-refractivity contribution in [3.8, 4) is 6.07 Å². The molecule has 0 N–H and O–H groups in total. The van der Waals surface area contributed by atoms with Crippen molar-refractivity contribution in [2.75, 3.05) is 6.61 Å². The van der Waals surface area contributed by atoms with Gasteiger partial charge in [-0.3, -0.25) is 9.59 Å². The maximum atomic E-state index is 11.3. The van der Waals surface area contributed by atoms with E-state index in [1.807, 2.05) is 6.07 Å². The molecule has 4 nitrogen and oxygen atoms in total. The van der Waals surface area contributed by atoms with Crippen molar-refractivity contribution < 1.29 is 14.3 Å². The average Bonchev–Trinajstić information content (AvgIpc) is 2.31. The van der Waals surface area contributed by atoms with E-state index in [1.54, 1.807) is 6.92 Å². The van der Waals surface area contributed by atoms with Gasteiger partial charge in [-0.25, -0.2) is 0 Å². The van der Waals surface area contributed by atoms with E-state index in [-0.39, 0.29) is 18.0 Å². The van der Waals surface area contributed by atoms with Gasteiger partial charge in [-0.05, 0) is 24.6 Å². The van der Waals surface area contributed by atoms with Crippen LogP contribution in [0.5, 0.6) is 0 Å². The van der Waals surface area contributed by atoms with E-state index in [2.05, 4.69) is 12.6 Å². The number of benzene rings is 1. The van der Waals surface area contributed by atoms with Gasteiger partial charge in [0.15, 0.2) is 6.29 Å². The summed E-state index contributed by atoms with van der Waals surface area (Å²) in [4.78, 5) is 22.4. The van der Waals surface area contributed by atoms with Crippen LogP contribution in [0.2, 0.25) is 0 Å². The summed E-state index contributed by atoms with van der Waals surface area (Å²) < 4.78 is 4.79. The van der Waals surface area contributed by atoms with Crippen LogP contribution in [0.3, 0.4) is 0 Å². The van der Waals surface area contributed by atoms with Gasteiger partial charge in [-0.15, -0.1) is 12.6 Å². The van der Waals surface area contributed by atoms with Gasteiger partial charge in [0.05, 0.1) is 18.6 Å². The fourth-order valence-corrected chi connectivity index (χ4v) is 1.61. The van der Waals surface area contributed by atoms with Crippen molar-refractivity contribution >= 4 is 24.9 Å². The van der Waals surface area contributed by atoms with Crippen LogP contribution in [-0.4, -0.2) is 18.9 Å². The van der Waals surface area contributed by atoms with Crippen LogP contribution in [-0.2, 0) is 16.0 Å². The molecule has 0 atom stereocenters. The molecule has 0 saturated heterocycles. The molecule has 0 heterocycles. The summed E-state index contributed by atoms with van der Waals surface area (Å²) in [6.45, 7) is 2.02. The van der Waals surface area contributed by atoms with Crippen molar-refractivity contribution in [3.05, 3.63) is 28.8 Å². The van der Waals surface area contributed by atoms with Gasteiger partial charge in [0.25, 0.3) is 0 Å². The lowest BCUT2D eigenvalue weighted by Gasteiger charge is -2.06. The highest BCUT2D eigenvalue weighted by Gasteiger charge is 2.10. The van der Waals surface area contributed by atoms with Gasteiger partial charge in [0.1, 0.15) is 6.07 Å². The van der Waals surface area contributed by atoms with Crippen LogP contribution in [0.15, 0.2) is 17.0 Å². The molecule has 0 aliphatic carbocycles. The number of carbonyl (C=O) groups excluding carboxylic acids is 2. The third-order valence-corrected chi connectivity index (χ3v) is 2.60. The number of hydrogen-bond acceptors (Lipinski definition) is 5. The highest BCUT2D eigenvalue weighted by atomic mass is 32.1. The Kier molecular flexibility index (Phi) is 4.73. The molecule has 0 unspecified atom stereocenters. The second-order valence-electron chi connectivity index (χ2n) is 3.29. The van der Waals surface area contributed by atoms with Crippen LogP contribution in [0, 0.1) is 11.3 Å². The molecule has 0 aliphatic rings. The number of rotatable bonds is 4. The lowest BCUT2D eigenvalue weighted by atomic mass is 10.0. The van der Waals surface area contributed by atoms with E-state index in [0.29, 0.717) is 28.9 Å². The summed E-state index contributed by atoms with van der Waals surface area (Å²) in [5.74, 6) is -0.389. The molecule has 0 amide bonds. The summed E-state index contributed by atoms with van der Waals surface area (Å²) in [5, 5.41) is 8.87. The summed E-state index contributed by atoms with van der Waals surface area (Å²) in [7, 11) is 0. The van der Waals surface area contributed by atoms with E-state index in [1.165, 1.54) is 12.1 Å². The molecule has 0 bridgehead atoms. The van der Waals surface area contributed by atoms with Crippen LogP contribution >= 0.6 is 12.6 Å². The first-order valence-corrected chi connectivity index (χ1v) is 5.43. The molecule has 0 fully saturated rings. The highest BCUT2D eigenvalue weighted by Crippen LogP contribution is 2.20. The molecule has 88 valence electrons. The van der Waals surface area contributed by atoms with Crippen molar-refractivity contribution in [1.29, 1.82) is 5.26 Å². The van der Waals surface area contributed by atoms with Gasteiger partial charge in [-0.2, -0.15) is 5.26 Å². The molecular weight excluding hydrogens is 238 g/mol. The molecule has 1 aromatic carbocycles. The second-order valence-corrected chi connectivity index (χ2v) is 3.74. The fraction of sp³-hybridized carbons (Fsp3) is 0.250. The van der Waals surface area contributed by atoms with Crippen LogP contribution in [0.25, 0.3) is 0 Å². The largest absolute Gasteiger partial charge is 0.466 e. The summed E-state index contributed by atoms with van der Waals surface area (Å²) >= 11 is 4.08. The number of esters is 1. The Morgan fingerprint density at radius 1 is 1.59 bits per heavy atom. The molecule has 0 radical (unpaired) electrons. The van der Waals surface area contributed by atoms with Crippen LogP contribution < -0.4 is 0 Å². The Labute approximate surface area is 105 Å². The van der Waals surface area contributed by atoms with Crippen molar-refractivity contribution in [2.45, 2.75) is 18.2 Å². The zero-order valence-corrected chi connectivity index (χ0v) is 10.2. The van der Waals surface area contributed by atoms with Gasteiger partial charge < -0.3 is 4.74 Å². The minimum atomic E-state index is -0.389. The minimum Gasteiger partial charge on any atom is -0.466 e. The Balaban J connectivity index is 3.06. The van der Waals surface area contributed by atoms with E-state index >= 15 is 0 Å². The molecule has 0 aromatic heterocycles. The summed E-state index contributed by atoms with van der Waals surface area (Å²) in [6.07, 6.45) is 0.648. The zero-order valence-electron chi connectivity index (χ0n) is 9.27. The molecule has 0 aliphatic heterocycles. The quantitative estimate of drug-likeness (QED) is 0.501. The highest BCUT2D eigenvalue weighted by molar-refractivity contribution is 7.80. The summed E-state index contributed by atoms with van der Waals surface area (Å²) in [5.41, 5.74) is 1.14. The third-order valence-electron chi connectivity index (χ3n) is 2.10. The van der Waals surface area contributed by atoms with E-state index in [9.17, 15) is 9.59 Å². The van der Waals surface area contributed by atoms with E-state index in [4.69, 9.17) is 10.00 Å². The Bertz CT molecular complexity index is 491. The molecule has 0 saturated carbocycles. The SMILES string of the molecule is CCOC(=O)Cc1cc(C#N)c(S)c(C=O)c1. The number of ether oxygens (including phenoxy) is 1. The Morgan fingerprint density at radius 3 is 2.82 bits per heavy atom. The number of carbonyl (C=O) groups is 2. The number of hydrogen-bond donors (Lipinski definition) is 1. The zero-order chi connectivity index (χ0) is 12.8. The van der Waals surface area contributed by atoms with Gasteiger partial charge in [0, 0.05) is 10.5 Å². The maximum absolute atomic E-state index is 11.3. The van der Waals surface area contributed by atoms with Gasteiger partial charge in [0.2, 0.25) is 0 Å². The second kappa shape index (κ2) is 6.06. The molecule has 0 spiro atoms. The number of nitrogens with zero attached hydrogens (tertiary/aromatic N) is 1. The van der Waals surface area contributed by atoms with Crippen molar-refractivity contribution in [3.63, 3.8) is 0 Å². The lowest BCUT2D eigenvalue weighted by molar-refractivity contribution is -0.142. The Hall–Kier alpha value is -1.80. The Morgan fingerprint density at radius 2 is 2.29 bits per heavy atom. The number of nitriles is 1. The monoisotopic (exact) mass is 249 g/mol. The van der Waals surface area contributed by atoms with E-state index < -0.39 is 0 Å². The maximum Gasteiger partial charge on any atom is 0.310 e. The molecule has 1 rings (SSSR count). The molecular formula is C12H11NO3S. The van der Waals surface area contributed by atoms with Crippen LogP contribution in [0.1, 0.15) is 28.4 Å². The molecule has 5 heteroatoms. The standard InChI is InChI=1S/C12H11NO3S/c1-2-16-11(15)5-8-3-9(6-13)12(17)10(4-8)7-14/h3-4,7,17H,2,5H2,1H3. The smallest absolute Gasteiger partial charge is 0.310 e. The molecule has 17 heavy (non-hydrogen) atoms. The number of aldehydes is 1. The third kappa shape index (κ3) is 3.33.